The van der Waals surface area contributed by atoms with Crippen LogP contribution >= 0.6 is 0 Å². The van der Waals surface area contributed by atoms with Gasteiger partial charge in [0.05, 0.1) is 26.9 Å². The zero-order valence-electron chi connectivity index (χ0n) is 20.2. The van der Waals surface area contributed by atoms with Gasteiger partial charge < -0.3 is 23.7 Å². The van der Waals surface area contributed by atoms with Crippen LogP contribution in [0.2, 0.25) is 0 Å². The van der Waals surface area contributed by atoms with Gasteiger partial charge in [0.25, 0.3) is 0 Å². The molecule has 0 N–H and O–H groups in total. The number of nitrogens with zero attached hydrogens (tertiary/aromatic N) is 1. The van der Waals surface area contributed by atoms with Crippen LogP contribution in [-0.2, 0) is 13.1 Å². The first-order valence-corrected chi connectivity index (χ1v) is 11.3. The Morgan fingerprint density at radius 1 is 0.971 bits per heavy atom. The molecule has 0 fully saturated rings. The number of para-hydroxylation sites is 1. The zero-order valence-corrected chi connectivity index (χ0v) is 20.2. The number of fused-ring (bicyclic) bond motifs is 2. The summed E-state index contributed by atoms with van der Waals surface area (Å²) in [5.74, 6) is 3.52. The van der Waals surface area contributed by atoms with E-state index in [0.29, 0.717) is 42.6 Å². The standard InChI is InChI=1S/C28H27NO6/c1-17-27-20(15-29(16-34-27)14-19-7-5-6-8-23(19)32-3)11-22-26(30)25(35-28(17)22)12-18-9-10-21(31-2)13-24(18)33-4/h5-13H,14-16H2,1-4H3/b25-12-. The molecule has 0 amide bonds. The van der Waals surface area contributed by atoms with Crippen molar-refractivity contribution < 1.29 is 28.5 Å². The van der Waals surface area contributed by atoms with Gasteiger partial charge in [-0.05, 0) is 37.3 Å². The number of methoxy groups -OCH3 is 3. The maximum Gasteiger partial charge on any atom is 0.231 e. The van der Waals surface area contributed by atoms with Crippen LogP contribution < -0.4 is 23.7 Å². The van der Waals surface area contributed by atoms with Gasteiger partial charge in [0.1, 0.15) is 35.5 Å². The van der Waals surface area contributed by atoms with Crippen LogP contribution in [-0.4, -0.2) is 38.7 Å². The average molecular weight is 474 g/mol. The Morgan fingerprint density at radius 2 is 1.77 bits per heavy atom. The highest BCUT2D eigenvalue weighted by Gasteiger charge is 2.34. The van der Waals surface area contributed by atoms with Crippen molar-refractivity contribution in [1.29, 1.82) is 0 Å². The topological polar surface area (TPSA) is 66.5 Å². The Hall–Kier alpha value is -3.97. The molecule has 2 heterocycles. The number of hydrogen-bond donors (Lipinski definition) is 0. The number of carbonyl (C=O) groups is 1. The van der Waals surface area contributed by atoms with Crippen molar-refractivity contribution in [3.8, 4) is 28.7 Å². The van der Waals surface area contributed by atoms with E-state index in [1.807, 2.05) is 49.4 Å². The molecule has 3 aromatic carbocycles. The Kier molecular flexibility index (Phi) is 6.09. The van der Waals surface area contributed by atoms with Gasteiger partial charge in [-0.1, -0.05) is 18.2 Å². The monoisotopic (exact) mass is 473 g/mol. The number of Topliss-reactive ketones (excluding diaryl/α,β-unsaturated/α-hetero) is 1. The predicted molar refractivity (Wildman–Crippen MR) is 131 cm³/mol. The lowest BCUT2D eigenvalue weighted by Gasteiger charge is -2.30. The van der Waals surface area contributed by atoms with E-state index in [2.05, 4.69) is 4.90 Å². The molecule has 3 aromatic rings. The molecule has 0 atom stereocenters. The number of ketones is 1. The SMILES string of the molecule is COc1ccc(/C=C2\Oc3c(cc4c(c3C)OCN(Cc3ccccc3OC)C4)C2=O)c(OC)c1. The maximum atomic E-state index is 13.3. The molecule has 0 saturated heterocycles. The second-order valence-corrected chi connectivity index (χ2v) is 8.49. The third-order valence-corrected chi connectivity index (χ3v) is 6.32. The fourth-order valence-corrected chi connectivity index (χ4v) is 4.55. The first kappa shape index (κ1) is 22.8. The molecule has 0 spiro atoms. The highest BCUT2D eigenvalue weighted by atomic mass is 16.5. The van der Waals surface area contributed by atoms with E-state index in [-0.39, 0.29) is 11.5 Å². The lowest BCUT2D eigenvalue weighted by molar-refractivity contribution is 0.0869. The normalized spacial score (nSPS) is 15.8. The molecule has 2 aliphatic heterocycles. The number of hydrogen-bond acceptors (Lipinski definition) is 7. The Labute approximate surface area is 204 Å². The number of ether oxygens (including phenoxy) is 5. The fourth-order valence-electron chi connectivity index (χ4n) is 4.55. The van der Waals surface area contributed by atoms with Gasteiger partial charge in [-0.15, -0.1) is 0 Å². The molecule has 0 radical (unpaired) electrons. The van der Waals surface area contributed by atoms with Crippen LogP contribution in [0.1, 0.15) is 32.6 Å². The summed E-state index contributed by atoms with van der Waals surface area (Å²) < 4.78 is 28.4. The van der Waals surface area contributed by atoms with Crippen molar-refractivity contribution in [2.75, 3.05) is 28.1 Å². The predicted octanol–water partition coefficient (Wildman–Crippen LogP) is 4.99. The van der Waals surface area contributed by atoms with E-state index >= 15 is 0 Å². The summed E-state index contributed by atoms with van der Waals surface area (Å²) in [5, 5.41) is 0. The van der Waals surface area contributed by atoms with E-state index in [1.165, 1.54) is 0 Å². The first-order chi connectivity index (χ1) is 17.0. The lowest BCUT2D eigenvalue weighted by Crippen LogP contribution is -2.32. The number of benzene rings is 3. The largest absolute Gasteiger partial charge is 0.497 e. The molecule has 2 aliphatic rings. The van der Waals surface area contributed by atoms with E-state index in [0.717, 1.165) is 33.8 Å². The van der Waals surface area contributed by atoms with Crippen LogP contribution in [0, 0.1) is 6.92 Å². The van der Waals surface area contributed by atoms with Crippen molar-refractivity contribution in [3.05, 3.63) is 82.1 Å². The molecule has 0 saturated carbocycles. The minimum Gasteiger partial charge on any atom is -0.497 e. The molecule has 35 heavy (non-hydrogen) atoms. The van der Waals surface area contributed by atoms with Crippen molar-refractivity contribution in [1.82, 2.24) is 4.90 Å². The van der Waals surface area contributed by atoms with Crippen LogP contribution in [0.4, 0.5) is 0 Å². The summed E-state index contributed by atoms with van der Waals surface area (Å²) in [6.45, 7) is 3.69. The van der Waals surface area contributed by atoms with Crippen LogP contribution in [0.5, 0.6) is 28.7 Å². The minimum absolute atomic E-state index is 0.161. The van der Waals surface area contributed by atoms with Gasteiger partial charge in [-0.2, -0.15) is 0 Å². The summed E-state index contributed by atoms with van der Waals surface area (Å²) in [6, 6.07) is 15.3. The quantitative estimate of drug-likeness (QED) is 0.467. The molecule has 0 bridgehead atoms. The van der Waals surface area contributed by atoms with Gasteiger partial charge in [0, 0.05) is 41.4 Å². The average Bonchev–Trinajstić information content (AvgIpc) is 3.19. The summed E-state index contributed by atoms with van der Waals surface area (Å²) in [7, 11) is 4.85. The smallest absolute Gasteiger partial charge is 0.231 e. The van der Waals surface area contributed by atoms with Gasteiger partial charge in [0.2, 0.25) is 5.78 Å². The van der Waals surface area contributed by atoms with Crippen molar-refractivity contribution >= 4 is 11.9 Å². The first-order valence-electron chi connectivity index (χ1n) is 11.3. The van der Waals surface area contributed by atoms with E-state index in [9.17, 15) is 4.79 Å². The van der Waals surface area contributed by atoms with Crippen molar-refractivity contribution in [2.45, 2.75) is 20.0 Å². The second kappa shape index (κ2) is 9.35. The fraction of sp³-hybridized carbons (Fsp3) is 0.250. The van der Waals surface area contributed by atoms with Crippen LogP contribution in [0.25, 0.3) is 6.08 Å². The van der Waals surface area contributed by atoms with E-state index in [4.69, 9.17) is 23.7 Å². The highest BCUT2D eigenvalue weighted by Crippen LogP contribution is 2.43. The molecule has 5 rings (SSSR count). The lowest BCUT2D eigenvalue weighted by atomic mass is 9.99. The molecule has 7 heteroatoms. The Morgan fingerprint density at radius 3 is 2.54 bits per heavy atom. The molecule has 0 aromatic heterocycles. The third kappa shape index (κ3) is 4.19. The van der Waals surface area contributed by atoms with Crippen LogP contribution in [0.3, 0.4) is 0 Å². The molecular formula is C28H27NO6. The zero-order chi connectivity index (χ0) is 24.5. The Balaban J connectivity index is 1.42. The molecule has 0 aliphatic carbocycles. The van der Waals surface area contributed by atoms with Gasteiger partial charge >= 0.3 is 0 Å². The van der Waals surface area contributed by atoms with E-state index < -0.39 is 0 Å². The molecule has 0 unspecified atom stereocenters. The summed E-state index contributed by atoms with van der Waals surface area (Å²) >= 11 is 0. The summed E-state index contributed by atoms with van der Waals surface area (Å²) in [6.07, 6.45) is 1.70. The summed E-state index contributed by atoms with van der Waals surface area (Å²) in [5.41, 5.74) is 4.14. The number of rotatable bonds is 6. The number of allylic oxidation sites excluding steroid dienone is 1. The second-order valence-electron chi connectivity index (χ2n) is 8.49. The Bertz CT molecular complexity index is 1330. The number of carbonyl (C=O) groups excluding carboxylic acids is 1. The third-order valence-electron chi connectivity index (χ3n) is 6.32. The van der Waals surface area contributed by atoms with Gasteiger partial charge in [-0.25, -0.2) is 0 Å². The molecular weight excluding hydrogens is 446 g/mol. The van der Waals surface area contributed by atoms with Crippen molar-refractivity contribution in [2.24, 2.45) is 0 Å². The maximum absolute atomic E-state index is 13.3. The van der Waals surface area contributed by atoms with Gasteiger partial charge in [0.15, 0.2) is 5.76 Å². The molecule has 7 nitrogen and oxygen atoms in total. The molecule has 180 valence electrons. The highest BCUT2D eigenvalue weighted by molar-refractivity contribution is 6.15. The van der Waals surface area contributed by atoms with E-state index in [1.54, 1.807) is 33.5 Å². The van der Waals surface area contributed by atoms with Crippen LogP contribution in [0.15, 0.2) is 54.3 Å². The minimum atomic E-state index is -0.161. The van der Waals surface area contributed by atoms with Crippen molar-refractivity contribution in [3.63, 3.8) is 0 Å². The van der Waals surface area contributed by atoms with Gasteiger partial charge in [-0.3, -0.25) is 9.69 Å². The summed E-state index contributed by atoms with van der Waals surface area (Å²) in [4.78, 5) is 15.5.